The molecule has 28 heavy (non-hydrogen) atoms. The lowest BCUT2D eigenvalue weighted by atomic mass is 9.58. The third-order valence-electron chi connectivity index (χ3n) is 6.74. The minimum atomic E-state index is 0.0396. The van der Waals surface area contributed by atoms with Gasteiger partial charge >= 0.3 is 0 Å². The van der Waals surface area contributed by atoms with Crippen molar-refractivity contribution in [2.75, 3.05) is 27.2 Å². The summed E-state index contributed by atoms with van der Waals surface area (Å²) in [6.07, 6.45) is 4.31. The first kappa shape index (κ1) is 19.0. The molecule has 1 saturated heterocycles. The molecule has 3 atom stereocenters. The molecule has 2 unspecified atom stereocenters. The molecule has 4 rings (SSSR count). The zero-order valence-electron chi connectivity index (χ0n) is 16.9. The van der Waals surface area contributed by atoms with E-state index >= 15 is 0 Å². The highest BCUT2D eigenvalue weighted by molar-refractivity contribution is 5.94. The van der Waals surface area contributed by atoms with E-state index in [0.717, 1.165) is 50.1 Å². The summed E-state index contributed by atoms with van der Waals surface area (Å²) in [6, 6.07) is 18.3. The van der Waals surface area contributed by atoms with Crippen LogP contribution >= 0.6 is 0 Å². The van der Waals surface area contributed by atoms with Crippen LogP contribution in [-0.2, 0) is 5.41 Å². The lowest BCUT2D eigenvalue weighted by molar-refractivity contribution is 0.0533. The summed E-state index contributed by atoms with van der Waals surface area (Å²) < 4.78 is 5.51. The third kappa shape index (κ3) is 3.66. The van der Waals surface area contributed by atoms with Gasteiger partial charge in [-0.3, -0.25) is 4.79 Å². The van der Waals surface area contributed by atoms with Crippen LogP contribution in [0.15, 0.2) is 54.6 Å². The van der Waals surface area contributed by atoms with Crippen molar-refractivity contribution in [1.29, 1.82) is 0 Å². The molecule has 1 saturated carbocycles. The third-order valence-corrected chi connectivity index (χ3v) is 6.74. The molecule has 2 aromatic carbocycles. The number of piperidine rings is 1. The molecule has 1 heterocycles. The molecule has 2 aliphatic rings. The standard InChI is InChI=1S/C24H30N2O2/c1-26-14-13-24(19-9-6-10-22(15-19)28-2)16-21(12-11-20(24)17-26)25-23(27)18-7-4-3-5-8-18/h3-10,15,20-21H,11-14,16-17H2,1-2H3,(H,25,27)/t20?,21-,24?/m1/s1. The predicted molar refractivity (Wildman–Crippen MR) is 112 cm³/mol. The average Bonchev–Trinajstić information content (AvgIpc) is 2.74. The number of ether oxygens (including phenoxy) is 1. The van der Waals surface area contributed by atoms with E-state index in [-0.39, 0.29) is 17.4 Å². The number of nitrogens with zero attached hydrogens (tertiary/aromatic N) is 1. The van der Waals surface area contributed by atoms with Gasteiger partial charge in [0.15, 0.2) is 0 Å². The topological polar surface area (TPSA) is 41.6 Å². The van der Waals surface area contributed by atoms with Gasteiger partial charge in [-0.2, -0.15) is 0 Å². The molecular weight excluding hydrogens is 348 g/mol. The van der Waals surface area contributed by atoms with Crippen LogP contribution in [0.25, 0.3) is 0 Å². The van der Waals surface area contributed by atoms with Gasteiger partial charge in [-0.15, -0.1) is 0 Å². The first-order valence-electron chi connectivity index (χ1n) is 10.3. The molecule has 4 heteroatoms. The van der Waals surface area contributed by atoms with E-state index in [1.807, 2.05) is 36.4 Å². The molecule has 1 N–H and O–H groups in total. The Morgan fingerprint density at radius 1 is 1.14 bits per heavy atom. The number of rotatable bonds is 4. The number of hydrogen-bond donors (Lipinski definition) is 1. The second kappa shape index (κ2) is 7.96. The van der Waals surface area contributed by atoms with Crippen molar-refractivity contribution in [1.82, 2.24) is 10.2 Å². The number of carbonyl (C=O) groups excluding carboxylic acids is 1. The molecule has 0 spiro atoms. The van der Waals surface area contributed by atoms with Gasteiger partial charge in [0.1, 0.15) is 5.75 Å². The molecule has 148 valence electrons. The lowest BCUT2D eigenvalue weighted by Gasteiger charge is -2.52. The summed E-state index contributed by atoms with van der Waals surface area (Å²) in [6.45, 7) is 2.21. The smallest absolute Gasteiger partial charge is 0.251 e. The van der Waals surface area contributed by atoms with Crippen molar-refractivity contribution in [3.63, 3.8) is 0 Å². The van der Waals surface area contributed by atoms with Crippen molar-refractivity contribution in [3.8, 4) is 5.75 Å². The van der Waals surface area contributed by atoms with Gasteiger partial charge < -0.3 is 15.0 Å². The Labute approximate surface area is 167 Å². The van der Waals surface area contributed by atoms with Crippen molar-refractivity contribution in [3.05, 3.63) is 65.7 Å². The second-order valence-electron chi connectivity index (χ2n) is 8.42. The number of carbonyl (C=O) groups is 1. The summed E-state index contributed by atoms with van der Waals surface area (Å²) in [5.41, 5.74) is 2.21. The summed E-state index contributed by atoms with van der Waals surface area (Å²) in [5, 5.41) is 3.32. The van der Waals surface area contributed by atoms with Crippen LogP contribution in [-0.4, -0.2) is 44.1 Å². The quantitative estimate of drug-likeness (QED) is 0.878. The molecule has 2 aromatic rings. The average molecular weight is 379 g/mol. The van der Waals surface area contributed by atoms with Crippen LogP contribution in [0.3, 0.4) is 0 Å². The van der Waals surface area contributed by atoms with Crippen molar-refractivity contribution >= 4 is 5.91 Å². The predicted octanol–water partition coefficient (Wildman–Crippen LogP) is 3.87. The van der Waals surface area contributed by atoms with E-state index in [0.29, 0.717) is 5.92 Å². The van der Waals surface area contributed by atoms with Crippen LogP contribution in [0.1, 0.15) is 41.6 Å². The van der Waals surface area contributed by atoms with Gasteiger partial charge in [-0.1, -0.05) is 30.3 Å². The summed E-state index contributed by atoms with van der Waals surface area (Å²) in [7, 11) is 3.95. The molecule has 4 nitrogen and oxygen atoms in total. The van der Waals surface area contributed by atoms with Crippen LogP contribution in [0.4, 0.5) is 0 Å². The van der Waals surface area contributed by atoms with Crippen LogP contribution in [0.2, 0.25) is 0 Å². The maximum absolute atomic E-state index is 12.7. The number of amides is 1. The highest BCUT2D eigenvalue weighted by Crippen LogP contribution is 2.49. The molecule has 1 aliphatic carbocycles. The van der Waals surface area contributed by atoms with Crippen LogP contribution < -0.4 is 10.1 Å². The highest BCUT2D eigenvalue weighted by atomic mass is 16.5. The first-order chi connectivity index (χ1) is 13.6. The Balaban J connectivity index is 1.60. The molecule has 2 fully saturated rings. The maximum Gasteiger partial charge on any atom is 0.251 e. The molecule has 0 radical (unpaired) electrons. The number of nitrogens with one attached hydrogen (secondary N) is 1. The van der Waals surface area contributed by atoms with Crippen LogP contribution in [0.5, 0.6) is 5.75 Å². The normalized spacial score (nSPS) is 27.6. The van der Waals surface area contributed by atoms with Gasteiger partial charge in [0, 0.05) is 23.6 Å². The fourth-order valence-corrected chi connectivity index (χ4v) is 5.23. The second-order valence-corrected chi connectivity index (χ2v) is 8.42. The van der Waals surface area contributed by atoms with Gasteiger partial charge in [0.2, 0.25) is 0 Å². The van der Waals surface area contributed by atoms with Crippen molar-refractivity contribution in [2.24, 2.45) is 5.92 Å². The summed E-state index contributed by atoms with van der Waals surface area (Å²) in [5.74, 6) is 1.57. The summed E-state index contributed by atoms with van der Waals surface area (Å²) in [4.78, 5) is 15.2. The lowest BCUT2D eigenvalue weighted by Crippen LogP contribution is -2.55. The van der Waals surface area contributed by atoms with E-state index < -0.39 is 0 Å². The van der Waals surface area contributed by atoms with Gasteiger partial charge in [-0.05, 0) is 75.0 Å². The fraction of sp³-hybridized carbons (Fsp3) is 0.458. The Morgan fingerprint density at radius 2 is 1.96 bits per heavy atom. The van der Waals surface area contributed by atoms with E-state index in [1.54, 1.807) is 7.11 Å². The molecule has 0 bridgehead atoms. The Morgan fingerprint density at radius 3 is 2.75 bits per heavy atom. The van der Waals surface area contributed by atoms with Crippen molar-refractivity contribution in [2.45, 2.75) is 37.1 Å². The Hall–Kier alpha value is -2.33. The zero-order chi connectivity index (χ0) is 19.6. The zero-order valence-corrected chi connectivity index (χ0v) is 16.9. The van der Waals surface area contributed by atoms with Gasteiger partial charge in [0.05, 0.1) is 7.11 Å². The molecule has 0 aromatic heterocycles. The van der Waals surface area contributed by atoms with Crippen molar-refractivity contribution < 1.29 is 9.53 Å². The van der Waals surface area contributed by atoms with Crippen LogP contribution in [0, 0.1) is 5.92 Å². The Kier molecular flexibility index (Phi) is 5.40. The molecule has 1 amide bonds. The van der Waals surface area contributed by atoms with E-state index in [2.05, 4.69) is 35.5 Å². The van der Waals surface area contributed by atoms with E-state index in [1.165, 1.54) is 5.56 Å². The number of likely N-dealkylation sites (tertiary alicyclic amines) is 1. The van der Waals surface area contributed by atoms with Gasteiger partial charge in [-0.25, -0.2) is 0 Å². The number of hydrogen-bond acceptors (Lipinski definition) is 3. The monoisotopic (exact) mass is 378 g/mol. The van der Waals surface area contributed by atoms with E-state index in [9.17, 15) is 4.79 Å². The SMILES string of the molecule is COc1cccc(C23CCN(C)CC2CC[C@@H](NC(=O)c2ccccc2)C3)c1. The molecular formula is C24H30N2O2. The first-order valence-corrected chi connectivity index (χ1v) is 10.3. The highest BCUT2D eigenvalue weighted by Gasteiger charge is 2.47. The number of fused-ring (bicyclic) bond motifs is 1. The molecule has 1 aliphatic heterocycles. The number of methoxy groups -OCH3 is 1. The summed E-state index contributed by atoms with van der Waals surface area (Å²) >= 11 is 0. The minimum Gasteiger partial charge on any atom is -0.497 e. The fourth-order valence-electron chi connectivity index (χ4n) is 5.23. The number of benzene rings is 2. The Bertz CT molecular complexity index is 822. The maximum atomic E-state index is 12.7. The van der Waals surface area contributed by atoms with E-state index in [4.69, 9.17) is 4.74 Å². The minimum absolute atomic E-state index is 0.0396. The van der Waals surface area contributed by atoms with Gasteiger partial charge in [0.25, 0.3) is 5.91 Å². The largest absolute Gasteiger partial charge is 0.497 e.